The molecule has 1 amide bonds. The largest absolute Gasteiger partial charge is 0.497 e. The number of aryl methyl sites for hydroxylation is 1. The van der Waals surface area contributed by atoms with E-state index in [-0.39, 0.29) is 11.6 Å². The molecule has 1 saturated heterocycles. The Morgan fingerprint density at radius 3 is 2.54 bits per heavy atom. The van der Waals surface area contributed by atoms with Crippen LogP contribution >= 0.6 is 0 Å². The van der Waals surface area contributed by atoms with Crippen LogP contribution in [0.25, 0.3) is 11.0 Å². The Morgan fingerprint density at radius 2 is 1.86 bits per heavy atom. The van der Waals surface area contributed by atoms with Crippen molar-refractivity contribution in [1.82, 2.24) is 19.4 Å². The summed E-state index contributed by atoms with van der Waals surface area (Å²) in [6.45, 7) is 4.15. The number of nitrogens with zero attached hydrogens (tertiary/aromatic N) is 3. The third kappa shape index (κ3) is 3.55. The number of hydrogen-bond donors (Lipinski definition) is 1. The minimum absolute atomic E-state index is 0.0160. The zero-order chi connectivity index (χ0) is 19.7. The topological polar surface area (TPSA) is 68.5 Å². The average Bonchev–Trinajstić information content (AvgIpc) is 2.98. The van der Waals surface area contributed by atoms with E-state index in [9.17, 15) is 9.59 Å². The molecule has 1 aromatic carbocycles. The van der Waals surface area contributed by atoms with Crippen molar-refractivity contribution in [1.29, 1.82) is 0 Å². The lowest BCUT2D eigenvalue weighted by atomic mass is 9.81. The molecule has 1 aromatic heterocycles. The lowest BCUT2D eigenvalue weighted by molar-refractivity contribution is -0.137. The summed E-state index contributed by atoms with van der Waals surface area (Å²) >= 11 is 0. The summed E-state index contributed by atoms with van der Waals surface area (Å²) in [5.41, 5.74) is 1.86. The summed E-state index contributed by atoms with van der Waals surface area (Å²) in [4.78, 5) is 27.5. The maximum absolute atomic E-state index is 12.8. The molecule has 0 spiro atoms. The molecule has 28 heavy (non-hydrogen) atoms. The summed E-state index contributed by atoms with van der Waals surface area (Å²) in [6.07, 6.45) is 3.84. The summed E-state index contributed by atoms with van der Waals surface area (Å²) in [6, 6.07) is 5.77. The molecule has 2 aliphatic rings. The lowest BCUT2D eigenvalue weighted by Gasteiger charge is -2.34. The normalized spacial score (nSPS) is 23.1. The zero-order valence-electron chi connectivity index (χ0n) is 16.8. The Labute approximate surface area is 165 Å². The first kappa shape index (κ1) is 19.1. The van der Waals surface area contributed by atoms with Gasteiger partial charge in [-0.1, -0.05) is 0 Å². The zero-order valence-corrected chi connectivity index (χ0v) is 16.8. The monoisotopic (exact) mass is 386 g/mol. The predicted molar refractivity (Wildman–Crippen MR) is 109 cm³/mol. The van der Waals surface area contributed by atoms with Crippen LogP contribution in [-0.2, 0) is 18.4 Å². The van der Waals surface area contributed by atoms with Crippen LogP contribution in [0.4, 0.5) is 0 Å². The molecule has 2 fully saturated rings. The first-order valence-corrected chi connectivity index (χ1v) is 10.3. The van der Waals surface area contributed by atoms with Gasteiger partial charge in [0.15, 0.2) is 0 Å². The van der Waals surface area contributed by atoms with Gasteiger partial charge in [-0.2, -0.15) is 0 Å². The van der Waals surface area contributed by atoms with Crippen molar-refractivity contribution in [2.75, 3.05) is 33.3 Å². The smallest absolute Gasteiger partial charge is 0.328 e. The van der Waals surface area contributed by atoms with Crippen molar-refractivity contribution in [3.05, 3.63) is 28.7 Å². The number of imidazole rings is 1. The van der Waals surface area contributed by atoms with Gasteiger partial charge >= 0.3 is 5.69 Å². The molecule has 0 unspecified atom stereocenters. The van der Waals surface area contributed by atoms with Gasteiger partial charge in [0.1, 0.15) is 5.75 Å². The minimum Gasteiger partial charge on any atom is -0.497 e. The van der Waals surface area contributed by atoms with E-state index in [2.05, 4.69) is 5.32 Å². The van der Waals surface area contributed by atoms with E-state index < -0.39 is 0 Å². The Balaban J connectivity index is 1.44. The van der Waals surface area contributed by atoms with Crippen LogP contribution in [-0.4, -0.2) is 53.2 Å². The molecule has 1 saturated carbocycles. The fraction of sp³-hybridized carbons (Fsp3) is 0.619. The summed E-state index contributed by atoms with van der Waals surface area (Å²) in [5, 5.41) is 3.30. The van der Waals surface area contributed by atoms with E-state index in [0.717, 1.165) is 68.6 Å². The molecule has 2 aromatic rings. The number of benzene rings is 1. The highest BCUT2D eigenvalue weighted by Crippen LogP contribution is 2.32. The average molecular weight is 386 g/mol. The van der Waals surface area contributed by atoms with Gasteiger partial charge in [-0.25, -0.2) is 4.79 Å². The van der Waals surface area contributed by atoms with E-state index in [1.54, 1.807) is 11.7 Å². The number of methoxy groups -OCH3 is 1. The second-order valence-electron chi connectivity index (χ2n) is 8.10. The molecule has 4 rings (SSSR count). The van der Waals surface area contributed by atoms with Crippen molar-refractivity contribution in [3.8, 4) is 5.75 Å². The molecule has 152 valence electrons. The Morgan fingerprint density at radius 1 is 1.14 bits per heavy atom. The van der Waals surface area contributed by atoms with Gasteiger partial charge in [0.05, 0.1) is 18.1 Å². The minimum atomic E-state index is 0.0160. The number of aromatic nitrogens is 2. The number of fused-ring (bicyclic) bond motifs is 1. The summed E-state index contributed by atoms with van der Waals surface area (Å²) < 4.78 is 8.92. The Kier molecular flexibility index (Phi) is 5.44. The Bertz CT molecular complexity index is 902. The number of rotatable bonds is 4. The van der Waals surface area contributed by atoms with Crippen LogP contribution in [0.1, 0.15) is 25.7 Å². The van der Waals surface area contributed by atoms with Gasteiger partial charge in [0.2, 0.25) is 5.91 Å². The Hall–Kier alpha value is -2.28. The number of amides is 1. The molecule has 0 atom stereocenters. The highest BCUT2D eigenvalue weighted by Gasteiger charge is 2.30. The quantitative estimate of drug-likeness (QED) is 0.866. The number of hydrogen-bond acceptors (Lipinski definition) is 4. The first-order chi connectivity index (χ1) is 13.6. The summed E-state index contributed by atoms with van der Waals surface area (Å²) in [5.74, 6) is 1.67. The predicted octanol–water partition coefficient (Wildman–Crippen LogP) is 1.59. The first-order valence-electron chi connectivity index (χ1n) is 10.3. The molecule has 1 N–H and O–H groups in total. The van der Waals surface area contributed by atoms with Crippen LogP contribution in [0.3, 0.4) is 0 Å². The molecule has 7 nitrogen and oxygen atoms in total. The van der Waals surface area contributed by atoms with E-state index in [0.29, 0.717) is 18.4 Å². The van der Waals surface area contributed by atoms with E-state index in [4.69, 9.17) is 4.74 Å². The fourth-order valence-corrected chi connectivity index (χ4v) is 4.69. The number of carbonyl (C=O) groups is 1. The maximum Gasteiger partial charge on any atom is 0.328 e. The van der Waals surface area contributed by atoms with Crippen molar-refractivity contribution in [3.63, 3.8) is 0 Å². The van der Waals surface area contributed by atoms with Crippen LogP contribution in [0.2, 0.25) is 0 Å². The SMILES string of the molecule is COc1ccc2c(c1)n(CC1CCC(C(=O)N3CCNCC3)CC1)c(=O)n2C. The van der Waals surface area contributed by atoms with E-state index in [1.807, 2.05) is 34.7 Å². The molecule has 1 aliphatic carbocycles. The third-order valence-electron chi connectivity index (χ3n) is 6.42. The van der Waals surface area contributed by atoms with E-state index >= 15 is 0 Å². The van der Waals surface area contributed by atoms with Gasteiger partial charge < -0.3 is 15.0 Å². The molecular weight excluding hydrogens is 356 g/mol. The lowest BCUT2D eigenvalue weighted by Crippen LogP contribution is -2.49. The highest BCUT2D eigenvalue weighted by atomic mass is 16.5. The standard InChI is InChI=1S/C21H30N4O3/c1-23-18-8-7-17(28-2)13-19(18)25(21(23)27)14-15-3-5-16(6-4-15)20(26)24-11-9-22-10-12-24/h7-8,13,15-16,22H,3-6,9-12,14H2,1-2H3. The molecular formula is C21H30N4O3. The number of ether oxygens (including phenoxy) is 1. The van der Waals surface area contributed by atoms with Gasteiger partial charge in [0.25, 0.3) is 0 Å². The highest BCUT2D eigenvalue weighted by molar-refractivity contribution is 5.79. The second kappa shape index (κ2) is 7.99. The molecule has 0 radical (unpaired) electrons. The van der Waals surface area contributed by atoms with Crippen molar-refractivity contribution < 1.29 is 9.53 Å². The number of piperazine rings is 1. The number of nitrogens with one attached hydrogen (secondary N) is 1. The molecule has 1 aliphatic heterocycles. The van der Waals surface area contributed by atoms with Crippen LogP contribution in [0.15, 0.2) is 23.0 Å². The van der Waals surface area contributed by atoms with Gasteiger partial charge in [-0.05, 0) is 43.7 Å². The van der Waals surface area contributed by atoms with Gasteiger partial charge in [-0.15, -0.1) is 0 Å². The van der Waals surface area contributed by atoms with Crippen LogP contribution < -0.4 is 15.7 Å². The van der Waals surface area contributed by atoms with Gasteiger partial charge in [0, 0.05) is 51.8 Å². The second-order valence-corrected chi connectivity index (χ2v) is 8.10. The van der Waals surface area contributed by atoms with Crippen molar-refractivity contribution >= 4 is 16.9 Å². The number of carbonyl (C=O) groups excluding carboxylic acids is 1. The van der Waals surface area contributed by atoms with Crippen molar-refractivity contribution in [2.45, 2.75) is 32.2 Å². The van der Waals surface area contributed by atoms with Crippen molar-refractivity contribution in [2.24, 2.45) is 18.9 Å². The van der Waals surface area contributed by atoms with Crippen LogP contribution in [0.5, 0.6) is 5.75 Å². The maximum atomic E-state index is 12.8. The van der Waals surface area contributed by atoms with Gasteiger partial charge in [-0.3, -0.25) is 13.9 Å². The molecule has 0 bridgehead atoms. The third-order valence-corrected chi connectivity index (χ3v) is 6.42. The van der Waals surface area contributed by atoms with E-state index in [1.165, 1.54) is 0 Å². The fourth-order valence-electron chi connectivity index (χ4n) is 4.69. The van der Waals surface area contributed by atoms with Crippen LogP contribution in [0, 0.1) is 11.8 Å². The molecule has 7 heteroatoms. The summed E-state index contributed by atoms with van der Waals surface area (Å²) in [7, 11) is 3.46. The molecule has 2 heterocycles.